The Morgan fingerprint density at radius 3 is 2.55 bits per heavy atom. The van der Waals surface area contributed by atoms with Crippen LogP contribution in [0.3, 0.4) is 0 Å². The number of carbonyl (C=O) groups excluding carboxylic acids is 1. The van der Waals surface area contributed by atoms with E-state index >= 15 is 0 Å². The Labute approximate surface area is 132 Å². The largest absolute Gasteiger partial charge is 0.352 e. The Balaban J connectivity index is 1.45. The molecule has 1 aromatic rings. The van der Waals surface area contributed by atoms with Gasteiger partial charge >= 0.3 is 0 Å². The summed E-state index contributed by atoms with van der Waals surface area (Å²) in [4.78, 5) is 15.5. The number of amides is 1. The maximum absolute atomic E-state index is 12.2. The van der Waals surface area contributed by atoms with Crippen LogP contribution >= 0.6 is 27.3 Å². The Bertz CT molecular complexity index is 470. The zero-order valence-electron chi connectivity index (χ0n) is 11.8. The van der Waals surface area contributed by atoms with Crippen LogP contribution in [0.2, 0.25) is 0 Å². The van der Waals surface area contributed by atoms with Crippen LogP contribution in [0.4, 0.5) is 0 Å². The van der Waals surface area contributed by atoms with Gasteiger partial charge in [-0.2, -0.15) is 0 Å². The topological polar surface area (TPSA) is 32.3 Å². The van der Waals surface area contributed by atoms with Gasteiger partial charge in [0.1, 0.15) is 0 Å². The van der Waals surface area contributed by atoms with E-state index in [0.717, 1.165) is 22.2 Å². The average molecular weight is 357 g/mol. The summed E-state index contributed by atoms with van der Waals surface area (Å²) >= 11 is 5.20. The molecule has 1 aromatic heterocycles. The van der Waals surface area contributed by atoms with Crippen LogP contribution in [-0.2, 0) is 11.3 Å². The van der Waals surface area contributed by atoms with Crippen LogP contribution in [-0.4, -0.2) is 30.4 Å². The lowest BCUT2D eigenvalue weighted by atomic mass is 10.1. The van der Waals surface area contributed by atoms with Crippen LogP contribution in [0.15, 0.2) is 15.9 Å². The first kappa shape index (κ1) is 14.5. The highest BCUT2D eigenvalue weighted by Crippen LogP contribution is 2.44. The van der Waals surface area contributed by atoms with Crippen molar-refractivity contribution < 1.29 is 4.79 Å². The molecule has 5 heteroatoms. The normalized spacial score (nSPS) is 18.8. The zero-order chi connectivity index (χ0) is 14.1. The lowest BCUT2D eigenvalue weighted by Gasteiger charge is -2.20. The molecule has 2 aliphatic carbocycles. The van der Waals surface area contributed by atoms with E-state index in [0.29, 0.717) is 12.6 Å². The van der Waals surface area contributed by atoms with Crippen molar-refractivity contribution in [2.75, 3.05) is 13.6 Å². The first-order valence-corrected chi connectivity index (χ1v) is 8.95. The van der Waals surface area contributed by atoms with E-state index < -0.39 is 0 Å². The fourth-order valence-corrected chi connectivity index (χ4v) is 4.33. The van der Waals surface area contributed by atoms with E-state index in [-0.39, 0.29) is 5.91 Å². The lowest BCUT2D eigenvalue weighted by Crippen LogP contribution is -2.43. The third-order valence-corrected chi connectivity index (χ3v) is 5.66. The summed E-state index contributed by atoms with van der Waals surface area (Å²) in [6, 6.07) is 4.64. The molecule has 2 saturated carbocycles. The molecule has 0 spiro atoms. The maximum Gasteiger partial charge on any atom is 0.234 e. The summed E-state index contributed by atoms with van der Waals surface area (Å²) in [5.74, 6) is 1.72. The van der Waals surface area contributed by atoms with E-state index in [4.69, 9.17) is 0 Å². The Hall–Kier alpha value is -0.390. The molecule has 0 unspecified atom stereocenters. The van der Waals surface area contributed by atoms with Gasteiger partial charge in [-0.15, -0.1) is 11.3 Å². The lowest BCUT2D eigenvalue weighted by molar-refractivity contribution is -0.123. The molecule has 1 amide bonds. The Kier molecular flexibility index (Phi) is 4.48. The van der Waals surface area contributed by atoms with Crippen molar-refractivity contribution in [3.8, 4) is 0 Å². The summed E-state index contributed by atoms with van der Waals surface area (Å²) in [5.41, 5.74) is 0. The first-order valence-electron chi connectivity index (χ1n) is 7.34. The van der Waals surface area contributed by atoms with Crippen molar-refractivity contribution in [3.05, 3.63) is 20.8 Å². The minimum absolute atomic E-state index is 0.187. The van der Waals surface area contributed by atoms with Crippen molar-refractivity contribution in [2.24, 2.45) is 11.8 Å². The molecule has 2 aliphatic rings. The molecule has 1 heterocycles. The highest BCUT2D eigenvalue weighted by atomic mass is 79.9. The molecule has 110 valence electrons. The number of thiophene rings is 1. The highest BCUT2D eigenvalue weighted by Gasteiger charge is 2.42. The molecule has 0 aromatic carbocycles. The second-order valence-electron chi connectivity index (χ2n) is 6.15. The van der Waals surface area contributed by atoms with Crippen LogP contribution in [0.1, 0.15) is 30.6 Å². The van der Waals surface area contributed by atoms with Crippen molar-refractivity contribution >= 4 is 33.2 Å². The standard InChI is InChI=1S/C15H21BrN2OS/c1-18(8-12-6-7-13(16)20-12)9-14(19)17-15(10-2-3-10)11-4-5-11/h6-7,10-11,15H,2-5,8-9H2,1H3,(H,17,19). The van der Waals surface area contributed by atoms with Gasteiger partial charge in [-0.3, -0.25) is 9.69 Å². The van der Waals surface area contributed by atoms with Crippen LogP contribution in [0, 0.1) is 11.8 Å². The molecule has 0 aliphatic heterocycles. The van der Waals surface area contributed by atoms with Gasteiger partial charge in [0.05, 0.1) is 10.3 Å². The number of likely N-dealkylation sites (N-methyl/N-ethyl adjacent to an activating group) is 1. The molecule has 20 heavy (non-hydrogen) atoms. The summed E-state index contributed by atoms with van der Waals surface area (Å²) < 4.78 is 1.15. The van der Waals surface area contributed by atoms with Gasteiger partial charge < -0.3 is 5.32 Å². The van der Waals surface area contributed by atoms with Gasteiger partial charge in [0, 0.05) is 17.5 Å². The van der Waals surface area contributed by atoms with Crippen molar-refractivity contribution in [2.45, 2.75) is 38.3 Å². The van der Waals surface area contributed by atoms with Crippen LogP contribution in [0.5, 0.6) is 0 Å². The fourth-order valence-electron chi connectivity index (χ4n) is 2.77. The Morgan fingerprint density at radius 2 is 2.05 bits per heavy atom. The number of carbonyl (C=O) groups is 1. The minimum Gasteiger partial charge on any atom is -0.352 e. The van der Waals surface area contributed by atoms with Crippen LogP contribution in [0.25, 0.3) is 0 Å². The van der Waals surface area contributed by atoms with Gasteiger partial charge in [-0.1, -0.05) is 0 Å². The molecule has 0 radical (unpaired) electrons. The zero-order valence-corrected chi connectivity index (χ0v) is 14.2. The number of hydrogen-bond acceptors (Lipinski definition) is 3. The Morgan fingerprint density at radius 1 is 1.40 bits per heavy atom. The molecule has 0 saturated heterocycles. The number of halogens is 1. The molecule has 2 fully saturated rings. The molecule has 0 bridgehead atoms. The summed E-state index contributed by atoms with van der Waals surface area (Å²) in [5, 5.41) is 3.28. The van der Waals surface area contributed by atoms with Gasteiger partial charge in [0.15, 0.2) is 0 Å². The monoisotopic (exact) mass is 356 g/mol. The first-order chi connectivity index (χ1) is 9.61. The van der Waals surface area contributed by atoms with Crippen molar-refractivity contribution in [1.29, 1.82) is 0 Å². The number of hydrogen-bond donors (Lipinski definition) is 1. The summed E-state index contributed by atoms with van der Waals surface area (Å²) in [6.07, 6.45) is 5.22. The second-order valence-corrected chi connectivity index (χ2v) is 8.69. The predicted molar refractivity (Wildman–Crippen MR) is 85.7 cm³/mol. The van der Waals surface area contributed by atoms with E-state index in [2.05, 4.69) is 38.3 Å². The smallest absolute Gasteiger partial charge is 0.234 e. The third-order valence-electron chi connectivity index (χ3n) is 4.06. The quantitative estimate of drug-likeness (QED) is 0.813. The molecule has 3 nitrogen and oxygen atoms in total. The molecule has 1 N–H and O–H groups in total. The summed E-state index contributed by atoms with van der Waals surface area (Å²) in [7, 11) is 2.01. The average Bonchev–Trinajstić information content (AvgIpc) is 3.27. The highest BCUT2D eigenvalue weighted by molar-refractivity contribution is 9.11. The maximum atomic E-state index is 12.2. The fraction of sp³-hybridized carbons (Fsp3) is 0.667. The SMILES string of the molecule is CN(CC(=O)NC(C1CC1)C1CC1)Cc1ccc(Br)s1. The van der Waals surface area contributed by atoms with Gasteiger partial charge in [-0.25, -0.2) is 0 Å². The molecule has 3 rings (SSSR count). The van der Waals surface area contributed by atoms with Crippen molar-refractivity contribution in [3.63, 3.8) is 0 Å². The second kappa shape index (κ2) is 6.16. The van der Waals surface area contributed by atoms with E-state index in [1.807, 2.05) is 7.05 Å². The van der Waals surface area contributed by atoms with Gasteiger partial charge in [0.2, 0.25) is 5.91 Å². The number of nitrogens with one attached hydrogen (secondary N) is 1. The van der Waals surface area contributed by atoms with E-state index in [1.165, 1.54) is 30.6 Å². The third kappa shape index (κ3) is 4.06. The number of nitrogens with zero attached hydrogens (tertiary/aromatic N) is 1. The predicted octanol–water partition coefficient (Wildman–Crippen LogP) is 3.25. The van der Waals surface area contributed by atoms with Gasteiger partial charge in [-0.05, 0) is 72.6 Å². The molecular formula is C15H21BrN2OS. The van der Waals surface area contributed by atoms with Crippen LogP contribution < -0.4 is 5.32 Å². The van der Waals surface area contributed by atoms with E-state index in [1.54, 1.807) is 11.3 Å². The summed E-state index contributed by atoms with van der Waals surface area (Å²) in [6.45, 7) is 1.33. The molecule has 0 atom stereocenters. The molecular weight excluding hydrogens is 336 g/mol. The number of rotatable bonds is 7. The minimum atomic E-state index is 0.187. The van der Waals surface area contributed by atoms with Gasteiger partial charge in [0.25, 0.3) is 0 Å². The van der Waals surface area contributed by atoms with Crippen molar-refractivity contribution in [1.82, 2.24) is 10.2 Å². The van der Waals surface area contributed by atoms with E-state index in [9.17, 15) is 4.79 Å².